The van der Waals surface area contributed by atoms with Gasteiger partial charge >= 0.3 is 0 Å². The molecule has 0 spiro atoms. The molecule has 4 nitrogen and oxygen atoms in total. The van der Waals surface area contributed by atoms with Crippen LogP contribution >= 0.6 is 0 Å². The highest BCUT2D eigenvalue weighted by atomic mass is 16.5. The average molecular weight is 284 g/mol. The van der Waals surface area contributed by atoms with Gasteiger partial charge in [0, 0.05) is 18.8 Å². The van der Waals surface area contributed by atoms with Crippen LogP contribution in [0.4, 0.5) is 5.69 Å². The highest BCUT2D eigenvalue weighted by Gasteiger charge is 2.16. The van der Waals surface area contributed by atoms with Crippen molar-refractivity contribution in [3.63, 3.8) is 0 Å². The van der Waals surface area contributed by atoms with E-state index < -0.39 is 0 Å². The zero-order valence-corrected chi connectivity index (χ0v) is 12.0. The van der Waals surface area contributed by atoms with E-state index in [1.54, 1.807) is 0 Å². The second-order valence-electron chi connectivity index (χ2n) is 5.58. The third kappa shape index (κ3) is 3.16. The molecule has 1 unspecified atom stereocenters. The first kappa shape index (κ1) is 13.9. The lowest BCUT2D eigenvalue weighted by Gasteiger charge is -2.22. The van der Waals surface area contributed by atoms with Gasteiger partial charge in [0.2, 0.25) is 0 Å². The number of nitrogens with two attached hydrogens (primary N) is 1. The first-order valence-corrected chi connectivity index (χ1v) is 7.38. The predicted octanol–water partition coefficient (Wildman–Crippen LogP) is 2.58. The monoisotopic (exact) mass is 284 g/mol. The maximum Gasteiger partial charge on any atom is 0.253 e. The van der Waals surface area contributed by atoms with Gasteiger partial charge in [-0.15, -0.1) is 0 Å². The van der Waals surface area contributed by atoms with Crippen LogP contribution in [0.3, 0.4) is 0 Å². The highest BCUT2D eigenvalue weighted by molar-refractivity contribution is 6.03. The van der Waals surface area contributed by atoms with Gasteiger partial charge in [0.25, 0.3) is 5.91 Å². The minimum absolute atomic E-state index is 0.108. The number of carbonyl (C=O) groups excluding carboxylic acids is 1. The zero-order chi connectivity index (χ0) is 14.7. The van der Waals surface area contributed by atoms with Crippen LogP contribution in [-0.4, -0.2) is 25.7 Å². The lowest BCUT2D eigenvalue weighted by molar-refractivity contribution is 0.0536. The third-order valence-electron chi connectivity index (χ3n) is 3.97. The summed E-state index contributed by atoms with van der Waals surface area (Å²) in [6.07, 6.45) is 2.17. The summed E-state index contributed by atoms with van der Waals surface area (Å²) in [5.74, 6) is 0.299. The van der Waals surface area contributed by atoms with Crippen molar-refractivity contribution < 1.29 is 9.53 Å². The average Bonchev–Trinajstić information content (AvgIpc) is 2.53. The van der Waals surface area contributed by atoms with E-state index in [0.29, 0.717) is 23.7 Å². The second-order valence-corrected chi connectivity index (χ2v) is 5.58. The largest absolute Gasteiger partial charge is 0.398 e. The molecule has 1 atom stereocenters. The van der Waals surface area contributed by atoms with Gasteiger partial charge in [-0.25, -0.2) is 0 Å². The van der Waals surface area contributed by atoms with Gasteiger partial charge in [-0.1, -0.05) is 24.3 Å². The Labute approximate surface area is 124 Å². The lowest BCUT2D eigenvalue weighted by atomic mass is 10.0. The summed E-state index contributed by atoms with van der Waals surface area (Å²) in [4.78, 5) is 12.3. The summed E-state index contributed by atoms with van der Waals surface area (Å²) in [6, 6.07) is 11.6. The molecule has 2 aromatic rings. The Morgan fingerprint density at radius 3 is 2.76 bits per heavy atom. The molecule has 1 saturated heterocycles. The maximum atomic E-state index is 12.3. The van der Waals surface area contributed by atoms with Gasteiger partial charge < -0.3 is 15.8 Å². The number of benzene rings is 2. The van der Waals surface area contributed by atoms with Gasteiger partial charge in [0.15, 0.2) is 0 Å². The molecule has 0 aromatic heterocycles. The summed E-state index contributed by atoms with van der Waals surface area (Å²) >= 11 is 0. The second kappa shape index (κ2) is 6.14. The SMILES string of the molecule is Nc1cc2ccccc2cc1C(=O)NCC1CCCOC1. The van der Waals surface area contributed by atoms with Gasteiger partial charge in [-0.2, -0.15) is 0 Å². The number of amides is 1. The molecule has 1 amide bonds. The smallest absolute Gasteiger partial charge is 0.253 e. The summed E-state index contributed by atoms with van der Waals surface area (Å²) in [5, 5.41) is 5.05. The Kier molecular flexibility index (Phi) is 4.06. The number of rotatable bonds is 3. The van der Waals surface area contributed by atoms with Crippen molar-refractivity contribution in [1.29, 1.82) is 0 Å². The third-order valence-corrected chi connectivity index (χ3v) is 3.97. The van der Waals surface area contributed by atoms with Crippen LogP contribution in [0.5, 0.6) is 0 Å². The normalized spacial score (nSPS) is 18.6. The van der Waals surface area contributed by atoms with Crippen LogP contribution in [0.1, 0.15) is 23.2 Å². The van der Waals surface area contributed by atoms with Crippen LogP contribution in [0.25, 0.3) is 10.8 Å². The fourth-order valence-electron chi connectivity index (χ4n) is 2.76. The lowest BCUT2D eigenvalue weighted by Crippen LogP contribution is -2.33. The number of hydrogen-bond donors (Lipinski definition) is 2. The first-order chi connectivity index (χ1) is 10.2. The molecule has 3 N–H and O–H groups in total. The standard InChI is InChI=1S/C17H20N2O2/c18-16-9-14-6-2-1-5-13(14)8-15(16)17(20)19-10-12-4-3-7-21-11-12/h1-2,5-6,8-9,12H,3-4,7,10-11,18H2,(H,19,20). The fraction of sp³-hybridized carbons (Fsp3) is 0.353. The topological polar surface area (TPSA) is 64.4 Å². The van der Waals surface area contributed by atoms with Gasteiger partial charge in [-0.05, 0) is 41.7 Å². The van der Waals surface area contributed by atoms with Gasteiger partial charge in [0.1, 0.15) is 0 Å². The molecule has 0 aliphatic carbocycles. The molecular weight excluding hydrogens is 264 g/mol. The molecule has 0 saturated carbocycles. The number of anilines is 1. The van der Waals surface area contributed by atoms with Crippen molar-refractivity contribution >= 4 is 22.4 Å². The van der Waals surface area contributed by atoms with E-state index in [2.05, 4.69) is 5.32 Å². The van der Waals surface area contributed by atoms with Crippen molar-refractivity contribution in [2.45, 2.75) is 12.8 Å². The van der Waals surface area contributed by atoms with Crippen molar-refractivity contribution in [2.75, 3.05) is 25.5 Å². The zero-order valence-electron chi connectivity index (χ0n) is 12.0. The van der Waals surface area contributed by atoms with E-state index in [1.165, 1.54) is 0 Å². The number of nitrogen functional groups attached to an aromatic ring is 1. The summed E-state index contributed by atoms with van der Waals surface area (Å²) in [7, 11) is 0. The van der Waals surface area contributed by atoms with Crippen LogP contribution in [0, 0.1) is 5.92 Å². The number of carbonyl (C=O) groups is 1. The Balaban J connectivity index is 1.73. The summed E-state index contributed by atoms with van der Waals surface area (Å²) in [5.41, 5.74) is 7.08. The number of ether oxygens (including phenoxy) is 1. The quantitative estimate of drug-likeness (QED) is 0.851. The fourth-order valence-corrected chi connectivity index (χ4v) is 2.76. The Morgan fingerprint density at radius 1 is 1.29 bits per heavy atom. The van der Waals surface area contributed by atoms with Crippen molar-refractivity contribution in [2.24, 2.45) is 5.92 Å². The number of nitrogens with one attached hydrogen (secondary N) is 1. The van der Waals surface area contributed by atoms with E-state index in [0.717, 1.165) is 36.8 Å². The Bertz CT molecular complexity index is 648. The van der Waals surface area contributed by atoms with Crippen LogP contribution in [-0.2, 0) is 4.74 Å². The van der Waals surface area contributed by atoms with Crippen LogP contribution < -0.4 is 11.1 Å². The van der Waals surface area contributed by atoms with Crippen LogP contribution in [0.15, 0.2) is 36.4 Å². The van der Waals surface area contributed by atoms with Crippen molar-refractivity contribution in [1.82, 2.24) is 5.32 Å². The van der Waals surface area contributed by atoms with Crippen LogP contribution in [0.2, 0.25) is 0 Å². The molecule has 0 bridgehead atoms. The molecule has 3 rings (SSSR count). The molecular formula is C17H20N2O2. The summed E-state index contributed by atoms with van der Waals surface area (Å²) in [6.45, 7) is 2.21. The molecule has 1 heterocycles. The maximum absolute atomic E-state index is 12.3. The Morgan fingerprint density at radius 2 is 2.05 bits per heavy atom. The minimum atomic E-state index is -0.108. The van der Waals surface area contributed by atoms with Gasteiger partial charge in [-0.3, -0.25) is 4.79 Å². The molecule has 110 valence electrons. The summed E-state index contributed by atoms with van der Waals surface area (Å²) < 4.78 is 5.43. The van der Waals surface area contributed by atoms with Crippen molar-refractivity contribution in [3.05, 3.63) is 42.0 Å². The molecule has 2 aromatic carbocycles. The number of fused-ring (bicyclic) bond motifs is 1. The highest BCUT2D eigenvalue weighted by Crippen LogP contribution is 2.22. The molecule has 4 heteroatoms. The minimum Gasteiger partial charge on any atom is -0.398 e. The van der Waals surface area contributed by atoms with E-state index in [4.69, 9.17) is 10.5 Å². The van der Waals surface area contributed by atoms with E-state index >= 15 is 0 Å². The molecule has 1 aliphatic rings. The Hall–Kier alpha value is -2.07. The van der Waals surface area contributed by atoms with E-state index in [1.807, 2.05) is 36.4 Å². The van der Waals surface area contributed by atoms with Crippen molar-refractivity contribution in [3.8, 4) is 0 Å². The van der Waals surface area contributed by atoms with Gasteiger partial charge in [0.05, 0.1) is 12.2 Å². The predicted molar refractivity (Wildman–Crippen MR) is 84.2 cm³/mol. The molecule has 0 radical (unpaired) electrons. The molecule has 1 aliphatic heterocycles. The van der Waals surface area contributed by atoms with E-state index in [9.17, 15) is 4.79 Å². The van der Waals surface area contributed by atoms with E-state index in [-0.39, 0.29) is 5.91 Å². The number of hydrogen-bond acceptors (Lipinski definition) is 3. The molecule has 21 heavy (non-hydrogen) atoms. The molecule has 1 fully saturated rings. The first-order valence-electron chi connectivity index (χ1n) is 7.38.